The van der Waals surface area contributed by atoms with Crippen LogP contribution in [0, 0.1) is 0 Å². The Balaban J connectivity index is 2.30. The maximum atomic E-state index is 12.0. The predicted octanol–water partition coefficient (Wildman–Crippen LogP) is -0.0350. The van der Waals surface area contributed by atoms with Crippen LogP contribution < -0.4 is 5.14 Å². The van der Waals surface area contributed by atoms with E-state index in [0.29, 0.717) is 13.1 Å². The quantitative estimate of drug-likeness (QED) is 0.802. The van der Waals surface area contributed by atoms with E-state index >= 15 is 0 Å². The number of nitrogens with two attached hydrogens (primary N) is 1. The zero-order valence-corrected chi connectivity index (χ0v) is 9.98. The first-order chi connectivity index (χ1) is 7.98. The van der Waals surface area contributed by atoms with Gasteiger partial charge in [0.05, 0.1) is 0 Å². The van der Waals surface area contributed by atoms with Gasteiger partial charge in [-0.2, -0.15) is 0 Å². The van der Waals surface area contributed by atoms with Crippen molar-refractivity contribution < 1.29 is 13.2 Å². The Morgan fingerprint density at radius 3 is 2.53 bits per heavy atom. The SMILES string of the molecule is NS(=O)(=O)c1cccc(C(=O)N2CCCC2)n1. The molecule has 2 rings (SSSR count). The van der Waals surface area contributed by atoms with Crippen molar-refractivity contribution in [3.63, 3.8) is 0 Å². The maximum absolute atomic E-state index is 12.0. The number of carbonyl (C=O) groups excluding carboxylic acids is 1. The van der Waals surface area contributed by atoms with Crippen LogP contribution in [0.4, 0.5) is 0 Å². The summed E-state index contributed by atoms with van der Waals surface area (Å²) in [5, 5.41) is 4.69. The first kappa shape index (κ1) is 12.0. The minimum atomic E-state index is -3.86. The van der Waals surface area contributed by atoms with E-state index in [1.54, 1.807) is 4.90 Å². The van der Waals surface area contributed by atoms with Crippen molar-refractivity contribution in [2.24, 2.45) is 5.14 Å². The van der Waals surface area contributed by atoms with Crippen LogP contribution in [0.3, 0.4) is 0 Å². The number of nitrogens with zero attached hydrogens (tertiary/aromatic N) is 2. The van der Waals surface area contributed by atoms with Crippen molar-refractivity contribution in [3.05, 3.63) is 23.9 Å². The molecule has 0 saturated carbocycles. The Bertz CT molecular complexity index is 535. The number of hydrogen-bond acceptors (Lipinski definition) is 4. The van der Waals surface area contributed by atoms with Gasteiger partial charge in [-0.05, 0) is 25.0 Å². The molecule has 0 unspecified atom stereocenters. The smallest absolute Gasteiger partial charge is 0.272 e. The monoisotopic (exact) mass is 255 g/mol. The van der Waals surface area contributed by atoms with Crippen LogP contribution in [-0.4, -0.2) is 37.3 Å². The highest BCUT2D eigenvalue weighted by molar-refractivity contribution is 7.89. The van der Waals surface area contributed by atoms with E-state index in [0.717, 1.165) is 12.8 Å². The molecule has 1 amide bonds. The van der Waals surface area contributed by atoms with E-state index in [1.165, 1.54) is 18.2 Å². The van der Waals surface area contributed by atoms with E-state index in [1.807, 2.05) is 0 Å². The molecule has 7 heteroatoms. The largest absolute Gasteiger partial charge is 0.337 e. The Morgan fingerprint density at radius 1 is 1.29 bits per heavy atom. The number of likely N-dealkylation sites (tertiary alicyclic amines) is 1. The highest BCUT2D eigenvalue weighted by Gasteiger charge is 2.21. The summed E-state index contributed by atoms with van der Waals surface area (Å²) in [7, 11) is -3.86. The number of carbonyl (C=O) groups is 1. The summed E-state index contributed by atoms with van der Waals surface area (Å²) in [5.74, 6) is -0.243. The summed E-state index contributed by atoms with van der Waals surface area (Å²) >= 11 is 0. The number of rotatable bonds is 2. The molecule has 2 heterocycles. The number of hydrogen-bond donors (Lipinski definition) is 1. The fourth-order valence-corrected chi connectivity index (χ4v) is 2.27. The molecule has 0 bridgehead atoms. The molecule has 92 valence electrons. The average molecular weight is 255 g/mol. The van der Waals surface area contributed by atoms with Gasteiger partial charge in [-0.15, -0.1) is 0 Å². The van der Waals surface area contributed by atoms with Gasteiger partial charge in [0.15, 0.2) is 5.03 Å². The van der Waals surface area contributed by atoms with Gasteiger partial charge in [-0.3, -0.25) is 4.79 Å². The number of primary sulfonamides is 1. The van der Waals surface area contributed by atoms with Gasteiger partial charge < -0.3 is 4.90 Å². The minimum absolute atomic E-state index is 0.124. The third-order valence-corrected chi connectivity index (χ3v) is 3.44. The van der Waals surface area contributed by atoms with Gasteiger partial charge in [0, 0.05) is 13.1 Å². The first-order valence-electron chi connectivity index (χ1n) is 5.27. The molecule has 1 aliphatic heterocycles. The normalized spacial score (nSPS) is 16.2. The lowest BCUT2D eigenvalue weighted by atomic mass is 10.3. The van der Waals surface area contributed by atoms with Crippen molar-refractivity contribution in [1.82, 2.24) is 9.88 Å². The average Bonchev–Trinajstić information content (AvgIpc) is 2.80. The predicted molar refractivity (Wildman–Crippen MR) is 60.7 cm³/mol. The maximum Gasteiger partial charge on any atom is 0.272 e. The van der Waals surface area contributed by atoms with Crippen molar-refractivity contribution in [2.45, 2.75) is 17.9 Å². The van der Waals surface area contributed by atoms with Crippen molar-refractivity contribution >= 4 is 15.9 Å². The van der Waals surface area contributed by atoms with Gasteiger partial charge in [0.2, 0.25) is 0 Å². The Labute approximate surface area is 99.5 Å². The van der Waals surface area contributed by atoms with E-state index in [2.05, 4.69) is 4.98 Å². The molecule has 1 aliphatic rings. The number of pyridine rings is 1. The van der Waals surface area contributed by atoms with Crippen LogP contribution in [0.1, 0.15) is 23.3 Å². The van der Waals surface area contributed by atoms with Crippen LogP contribution in [-0.2, 0) is 10.0 Å². The summed E-state index contributed by atoms with van der Waals surface area (Å²) in [6.07, 6.45) is 1.95. The lowest BCUT2D eigenvalue weighted by molar-refractivity contribution is 0.0786. The van der Waals surface area contributed by atoms with Crippen molar-refractivity contribution in [3.8, 4) is 0 Å². The molecular weight excluding hydrogens is 242 g/mol. The van der Waals surface area contributed by atoms with E-state index in [-0.39, 0.29) is 16.6 Å². The summed E-state index contributed by atoms with van der Waals surface area (Å²) in [6, 6.07) is 4.24. The molecule has 0 spiro atoms. The topological polar surface area (TPSA) is 93.4 Å². The Hall–Kier alpha value is -1.47. The number of sulfonamides is 1. The highest BCUT2D eigenvalue weighted by atomic mass is 32.2. The second-order valence-electron chi connectivity index (χ2n) is 3.91. The minimum Gasteiger partial charge on any atom is -0.337 e. The van der Waals surface area contributed by atoms with Crippen LogP contribution in [0.5, 0.6) is 0 Å². The van der Waals surface area contributed by atoms with Crippen LogP contribution in [0.15, 0.2) is 23.2 Å². The Kier molecular flexibility index (Phi) is 3.12. The molecule has 2 N–H and O–H groups in total. The molecule has 1 aromatic rings. The zero-order chi connectivity index (χ0) is 12.5. The molecule has 0 atom stereocenters. The molecule has 0 aromatic carbocycles. The summed E-state index contributed by atoms with van der Waals surface area (Å²) in [5.41, 5.74) is 0.124. The van der Waals surface area contributed by atoms with Crippen LogP contribution in [0.2, 0.25) is 0 Å². The molecule has 1 aromatic heterocycles. The Morgan fingerprint density at radius 2 is 1.94 bits per heavy atom. The second-order valence-corrected chi connectivity index (χ2v) is 5.41. The van der Waals surface area contributed by atoms with E-state index in [4.69, 9.17) is 5.14 Å². The third kappa shape index (κ3) is 2.62. The van der Waals surface area contributed by atoms with Gasteiger partial charge in [0.25, 0.3) is 15.9 Å². The molecule has 1 saturated heterocycles. The van der Waals surface area contributed by atoms with Crippen molar-refractivity contribution in [2.75, 3.05) is 13.1 Å². The zero-order valence-electron chi connectivity index (χ0n) is 9.17. The number of amides is 1. The fourth-order valence-electron chi connectivity index (χ4n) is 1.77. The van der Waals surface area contributed by atoms with E-state index in [9.17, 15) is 13.2 Å². The third-order valence-electron chi connectivity index (χ3n) is 2.63. The van der Waals surface area contributed by atoms with Crippen molar-refractivity contribution in [1.29, 1.82) is 0 Å². The molecule has 1 fully saturated rings. The standard InChI is InChI=1S/C10H13N3O3S/c11-17(15,16)9-5-3-4-8(12-9)10(14)13-6-1-2-7-13/h3-5H,1-2,6-7H2,(H2,11,15,16). The first-order valence-corrected chi connectivity index (χ1v) is 6.82. The molecular formula is C10H13N3O3S. The molecule has 0 aliphatic carbocycles. The lowest BCUT2D eigenvalue weighted by Crippen LogP contribution is -2.29. The van der Waals surface area contributed by atoms with Crippen LogP contribution >= 0.6 is 0 Å². The summed E-state index contributed by atoms with van der Waals surface area (Å²) in [6.45, 7) is 1.39. The van der Waals surface area contributed by atoms with Gasteiger partial charge in [-0.1, -0.05) is 6.07 Å². The van der Waals surface area contributed by atoms with Gasteiger partial charge >= 0.3 is 0 Å². The fraction of sp³-hybridized carbons (Fsp3) is 0.400. The highest BCUT2D eigenvalue weighted by Crippen LogP contribution is 2.12. The lowest BCUT2D eigenvalue weighted by Gasteiger charge is -2.14. The van der Waals surface area contributed by atoms with E-state index < -0.39 is 10.0 Å². The van der Waals surface area contributed by atoms with Crippen LogP contribution in [0.25, 0.3) is 0 Å². The second kappa shape index (κ2) is 4.42. The summed E-state index contributed by atoms with van der Waals surface area (Å²) in [4.78, 5) is 17.4. The van der Waals surface area contributed by atoms with Gasteiger partial charge in [-0.25, -0.2) is 18.5 Å². The molecule has 0 radical (unpaired) electrons. The number of aromatic nitrogens is 1. The van der Waals surface area contributed by atoms with Gasteiger partial charge in [0.1, 0.15) is 5.69 Å². The molecule has 17 heavy (non-hydrogen) atoms. The molecule has 6 nitrogen and oxygen atoms in total. The summed E-state index contributed by atoms with van der Waals surface area (Å²) < 4.78 is 22.2.